The molecule has 4 aliphatic carbocycles. The van der Waals surface area contributed by atoms with Crippen molar-refractivity contribution >= 4 is 0 Å². The normalized spacial score (nSPS) is 48.1. The summed E-state index contributed by atoms with van der Waals surface area (Å²) >= 11 is 0. The Labute approximate surface area is 147 Å². The first-order chi connectivity index (χ1) is 11.2. The van der Waals surface area contributed by atoms with Crippen molar-refractivity contribution in [1.82, 2.24) is 0 Å². The first-order valence-electron chi connectivity index (χ1n) is 9.97. The van der Waals surface area contributed by atoms with Crippen LogP contribution in [0.2, 0.25) is 0 Å². The highest BCUT2D eigenvalue weighted by Crippen LogP contribution is 2.65. The highest BCUT2D eigenvalue weighted by molar-refractivity contribution is 5.33. The van der Waals surface area contributed by atoms with Gasteiger partial charge in [0.2, 0.25) is 0 Å². The summed E-state index contributed by atoms with van der Waals surface area (Å²) in [4.78, 5) is 0. The van der Waals surface area contributed by atoms with Crippen LogP contribution in [0.25, 0.3) is 0 Å². The number of rotatable bonds is 1. The molecule has 0 aromatic carbocycles. The fourth-order valence-electron chi connectivity index (χ4n) is 7.16. The number of allylic oxidation sites excluding steroid dienone is 2. The number of hydrogen-bond donors (Lipinski definition) is 2. The van der Waals surface area contributed by atoms with Gasteiger partial charge >= 0.3 is 0 Å². The minimum absolute atomic E-state index is 0.121. The minimum atomic E-state index is -0.690. The van der Waals surface area contributed by atoms with Crippen LogP contribution in [0.1, 0.15) is 72.6 Å². The predicted molar refractivity (Wildman–Crippen MR) is 97.5 cm³/mol. The molecule has 0 aliphatic heterocycles. The Morgan fingerprint density at radius 3 is 2.42 bits per heavy atom. The van der Waals surface area contributed by atoms with Gasteiger partial charge in [0.25, 0.3) is 0 Å². The summed E-state index contributed by atoms with van der Waals surface area (Å²) in [5.74, 6) is 2.18. The van der Waals surface area contributed by atoms with Crippen molar-refractivity contribution < 1.29 is 10.2 Å². The smallest absolute Gasteiger partial charge is 0.0806 e. The Hall–Kier alpha value is -0.600. The molecular formula is C22H34O2. The second kappa shape index (κ2) is 5.20. The number of fused-ring (bicyclic) bond motifs is 5. The van der Waals surface area contributed by atoms with Gasteiger partial charge in [0, 0.05) is 0 Å². The third-order valence-corrected chi connectivity index (χ3v) is 8.32. The van der Waals surface area contributed by atoms with Crippen molar-refractivity contribution in [3.05, 3.63) is 23.3 Å². The van der Waals surface area contributed by atoms with Gasteiger partial charge in [-0.25, -0.2) is 0 Å². The van der Waals surface area contributed by atoms with Gasteiger partial charge in [0.1, 0.15) is 0 Å². The fraction of sp³-hybridized carbons (Fsp3) is 0.818. The van der Waals surface area contributed by atoms with Crippen LogP contribution in [0.15, 0.2) is 23.3 Å². The van der Waals surface area contributed by atoms with Gasteiger partial charge in [-0.05, 0) is 93.0 Å². The molecule has 2 fully saturated rings. The molecule has 0 spiro atoms. The zero-order valence-corrected chi connectivity index (χ0v) is 15.8. The summed E-state index contributed by atoms with van der Waals surface area (Å²) in [5.41, 5.74) is 2.62. The van der Waals surface area contributed by atoms with Crippen LogP contribution in [0, 0.1) is 28.6 Å². The molecule has 2 saturated carbocycles. The Morgan fingerprint density at radius 1 is 1.00 bits per heavy atom. The molecule has 0 amide bonds. The van der Waals surface area contributed by atoms with E-state index in [9.17, 15) is 10.2 Å². The maximum Gasteiger partial charge on any atom is 0.0806 e. The van der Waals surface area contributed by atoms with E-state index in [0.29, 0.717) is 11.3 Å². The predicted octanol–water partition coefficient (Wildman–Crippen LogP) is 4.62. The van der Waals surface area contributed by atoms with Crippen molar-refractivity contribution in [3.8, 4) is 0 Å². The molecule has 4 rings (SSSR count). The van der Waals surface area contributed by atoms with E-state index in [1.165, 1.54) is 24.8 Å². The summed E-state index contributed by atoms with van der Waals surface area (Å²) in [6, 6.07) is 0. The highest BCUT2D eigenvalue weighted by atomic mass is 16.3. The lowest BCUT2D eigenvalue weighted by atomic mass is 9.47. The molecular weight excluding hydrogens is 296 g/mol. The zero-order valence-electron chi connectivity index (χ0n) is 15.8. The quantitative estimate of drug-likeness (QED) is 0.689. The summed E-state index contributed by atoms with van der Waals surface area (Å²) < 4.78 is 0. The monoisotopic (exact) mass is 330 g/mol. The highest BCUT2D eigenvalue weighted by Gasteiger charge is 2.58. The van der Waals surface area contributed by atoms with Gasteiger partial charge in [-0.3, -0.25) is 0 Å². The minimum Gasteiger partial charge on any atom is -0.393 e. The van der Waals surface area contributed by atoms with Crippen molar-refractivity contribution in [1.29, 1.82) is 0 Å². The van der Waals surface area contributed by atoms with E-state index >= 15 is 0 Å². The lowest BCUT2D eigenvalue weighted by Crippen LogP contribution is -2.51. The molecule has 0 unspecified atom stereocenters. The van der Waals surface area contributed by atoms with E-state index in [1.54, 1.807) is 5.57 Å². The number of hydrogen-bond acceptors (Lipinski definition) is 2. The maximum absolute atomic E-state index is 10.7. The average molecular weight is 331 g/mol. The summed E-state index contributed by atoms with van der Waals surface area (Å²) in [7, 11) is 0. The third kappa shape index (κ3) is 2.22. The number of aliphatic hydroxyl groups is 2. The van der Waals surface area contributed by atoms with Crippen molar-refractivity contribution in [3.63, 3.8) is 0 Å². The van der Waals surface area contributed by atoms with E-state index in [4.69, 9.17) is 0 Å². The van der Waals surface area contributed by atoms with Crippen molar-refractivity contribution in [2.75, 3.05) is 0 Å². The molecule has 0 bridgehead atoms. The molecule has 2 heteroatoms. The second-order valence-corrected chi connectivity index (χ2v) is 10.0. The molecule has 134 valence electrons. The van der Waals surface area contributed by atoms with Crippen LogP contribution in [0.4, 0.5) is 0 Å². The van der Waals surface area contributed by atoms with Crippen molar-refractivity contribution in [2.45, 2.75) is 84.3 Å². The van der Waals surface area contributed by atoms with Crippen LogP contribution in [0.3, 0.4) is 0 Å². The zero-order chi connectivity index (χ0) is 17.3. The standard InChI is InChI=1S/C22H34O2/c1-20(2,24)19-8-7-17-16-6-5-14-13-15(23)9-11-21(14,3)18(16)10-12-22(17,19)4/h5,8,15-18,23-24H,6-7,9-13H2,1-4H3/t15-,16-,17-,18-,21-,22-/m0/s1. The Kier molecular flexibility index (Phi) is 3.65. The molecule has 2 N–H and O–H groups in total. The van der Waals surface area contributed by atoms with E-state index < -0.39 is 5.60 Å². The van der Waals surface area contributed by atoms with E-state index in [2.05, 4.69) is 26.0 Å². The lowest BCUT2D eigenvalue weighted by molar-refractivity contribution is -0.0400. The fourth-order valence-corrected chi connectivity index (χ4v) is 7.16. The molecule has 6 atom stereocenters. The molecule has 0 heterocycles. The van der Waals surface area contributed by atoms with E-state index in [-0.39, 0.29) is 11.5 Å². The third-order valence-electron chi connectivity index (χ3n) is 8.32. The van der Waals surface area contributed by atoms with Crippen LogP contribution in [-0.4, -0.2) is 21.9 Å². The molecule has 0 aromatic heterocycles. The van der Waals surface area contributed by atoms with Gasteiger partial charge in [0.05, 0.1) is 11.7 Å². The van der Waals surface area contributed by atoms with Crippen LogP contribution in [-0.2, 0) is 0 Å². The number of aliphatic hydroxyl groups excluding tert-OH is 1. The SMILES string of the molecule is CC(C)(O)C1=CC[C@H]2[C@@H]3CC=C4C[C@@H](O)CC[C@]4(C)[C@H]3CC[C@]12C. The molecule has 4 aliphatic rings. The molecule has 0 aromatic rings. The molecule has 0 saturated heterocycles. The van der Waals surface area contributed by atoms with Gasteiger partial charge in [-0.2, -0.15) is 0 Å². The van der Waals surface area contributed by atoms with Crippen LogP contribution >= 0.6 is 0 Å². The maximum atomic E-state index is 10.7. The van der Waals surface area contributed by atoms with Gasteiger partial charge < -0.3 is 10.2 Å². The lowest BCUT2D eigenvalue weighted by Gasteiger charge is -2.58. The molecule has 0 radical (unpaired) electrons. The van der Waals surface area contributed by atoms with Gasteiger partial charge in [-0.15, -0.1) is 0 Å². The summed E-state index contributed by atoms with van der Waals surface area (Å²) in [6.07, 6.45) is 12.5. The summed E-state index contributed by atoms with van der Waals surface area (Å²) in [5, 5.41) is 20.8. The first kappa shape index (κ1) is 16.8. The largest absolute Gasteiger partial charge is 0.393 e. The van der Waals surface area contributed by atoms with Crippen LogP contribution < -0.4 is 0 Å². The van der Waals surface area contributed by atoms with Crippen molar-refractivity contribution in [2.24, 2.45) is 28.6 Å². The topological polar surface area (TPSA) is 40.5 Å². The summed E-state index contributed by atoms with van der Waals surface area (Å²) in [6.45, 7) is 8.81. The van der Waals surface area contributed by atoms with Gasteiger partial charge in [-0.1, -0.05) is 31.6 Å². The molecule has 2 nitrogen and oxygen atoms in total. The van der Waals surface area contributed by atoms with Gasteiger partial charge in [0.15, 0.2) is 0 Å². The van der Waals surface area contributed by atoms with Crippen LogP contribution in [0.5, 0.6) is 0 Å². The van der Waals surface area contributed by atoms with E-state index in [0.717, 1.165) is 37.5 Å². The molecule has 24 heavy (non-hydrogen) atoms. The second-order valence-electron chi connectivity index (χ2n) is 10.0. The Balaban J connectivity index is 1.66. The Bertz CT molecular complexity index is 596. The average Bonchev–Trinajstić information content (AvgIpc) is 2.85. The Morgan fingerprint density at radius 2 is 1.71 bits per heavy atom. The first-order valence-corrected chi connectivity index (χ1v) is 9.97. The van der Waals surface area contributed by atoms with E-state index in [1.807, 2.05) is 13.8 Å².